The number of aryl methyl sites for hydroxylation is 1. The van der Waals surface area contributed by atoms with Crippen LogP contribution in [0.3, 0.4) is 0 Å². The van der Waals surface area contributed by atoms with Gasteiger partial charge in [-0.3, -0.25) is 24.5 Å². The van der Waals surface area contributed by atoms with Gasteiger partial charge in [0.05, 0.1) is 17.1 Å². The van der Waals surface area contributed by atoms with Crippen molar-refractivity contribution < 1.29 is 9.59 Å². The summed E-state index contributed by atoms with van der Waals surface area (Å²) in [4.78, 5) is 29.0. The normalized spacial score (nSPS) is 27.8. The Morgan fingerprint density at radius 1 is 1.19 bits per heavy atom. The number of anilines is 1. The number of aromatic nitrogens is 2. The Balaban J connectivity index is 1.33. The second kappa shape index (κ2) is 8.24. The molecule has 8 heteroatoms. The topological polar surface area (TPSA) is 82.5 Å². The van der Waals surface area contributed by atoms with Crippen LogP contribution in [0, 0.1) is 5.92 Å². The van der Waals surface area contributed by atoms with E-state index in [-0.39, 0.29) is 17.7 Å². The number of fused-ring (bicyclic) bond motifs is 1. The monoisotopic (exact) mass is 424 g/mol. The summed E-state index contributed by atoms with van der Waals surface area (Å²) in [6.45, 7) is 8.96. The van der Waals surface area contributed by atoms with Gasteiger partial charge in [-0.15, -0.1) is 0 Å². The summed E-state index contributed by atoms with van der Waals surface area (Å²) >= 11 is 0. The molecule has 0 radical (unpaired) electrons. The van der Waals surface area contributed by atoms with Crippen molar-refractivity contribution in [2.24, 2.45) is 13.0 Å². The van der Waals surface area contributed by atoms with Gasteiger partial charge in [0.1, 0.15) is 0 Å². The molecule has 8 nitrogen and oxygen atoms in total. The van der Waals surface area contributed by atoms with Crippen LogP contribution in [0.5, 0.6) is 0 Å². The van der Waals surface area contributed by atoms with Crippen molar-refractivity contribution in [1.82, 2.24) is 25.3 Å². The predicted molar refractivity (Wildman–Crippen MR) is 120 cm³/mol. The molecule has 2 aromatic rings. The van der Waals surface area contributed by atoms with Crippen LogP contribution in [0.2, 0.25) is 0 Å². The lowest BCUT2D eigenvalue weighted by Crippen LogP contribution is -2.53. The lowest BCUT2D eigenvalue weighted by molar-refractivity contribution is -0.134. The van der Waals surface area contributed by atoms with Gasteiger partial charge in [-0.2, -0.15) is 5.10 Å². The number of nitrogens with zero attached hydrogens (tertiary/aromatic N) is 4. The molecular formula is C23H32N6O2. The van der Waals surface area contributed by atoms with Gasteiger partial charge in [0.15, 0.2) is 0 Å². The van der Waals surface area contributed by atoms with Gasteiger partial charge in [-0.25, -0.2) is 0 Å². The van der Waals surface area contributed by atoms with Crippen molar-refractivity contribution in [3.8, 4) is 0 Å². The summed E-state index contributed by atoms with van der Waals surface area (Å²) in [7, 11) is 1.93. The highest BCUT2D eigenvalue weighted by Crippen LogP contribution is 2.32. The quantitative estimate of drug-likeness (QED) is 0.718. The second-order valence-corrected chi connectivity index (χ2v) is 9.36. The zero-order valence-corrected chi connectivity index (χ0v) is 18.4. The van der Waals surface area contributed by atoms with Crippen LogP contribution >= 0.6 is 0 Å². The standard InChI is InChI=1S/C23H32N6O2/c1-15-13-29(10-9-28(15)14-16-7-8-24-12-16)17-3-4-18-20(11-17)27(2)26-22(18)19-5-6-21(30)25-23(19)31/h3-4,11,15-16,19,24H,5-10,12-14H2,1-2H3,(H,25,30,31)/t15-,16+,19?/m0/s1. The minimum atomic E-state index is -0.360. The Morgan fingerprint density at radius 3 is 2.81 bits per heavy atom. The highest BCUT2D eigenvalue weighted by atomic mass is 16.2. The van der Waals surface area contributed by atoms with Gasteiger partial charge < -0.3 is 10.2 Å². The first-order valence-corrected chi connectivity index (χ1v) is 11.5. The fourth-order valence-electron chi connectivity index (χ4n) is 5.39. The third kappa shape index (κ3) is 3.94. The molecule has 166 valence electrons. The van der Waals surface area contributed by atoms with Crippen LogP contribution in [0.4, 0.5) is 5.69 Å². The fourth-order valence-corrected chi connectivity index (χ4v) is 5.39. The summed E-state index contributed by atoms with van der Waals surface area (Å²) < 4.78 is 1.87. The lowest BCUT2D eigenvalue weighted by atomic mass is 9.93. The number of hydrogen-bond donors (Lipinski definition) is 2. The van der Waals surface area contributed by atoms with Crippen LogP contribution < -0.4 is 15.5 Å². The van der Waals surface area contributed by atoms with E-state index in [0.717, 1.165) is 55.2 Å². The van der Waals surface area contributed by atoms with Crippen LogP contribution in [0.25, 0.3) is 10.9 Å². The van der Waals surface area contributed by atoms with Crippen molar-refractivity contribution in [2.45, 2.75) is 38.1 Å². The third-order valence-corrected chi connectivity index (χ3v) is 7.22. The molecule has 2 amide bonds. The lowest BCUT2D eigenvalue weighted by Gasteiger charge is -2.42. The van der Waals surface area contributed by atoms with Gasteiger partial charge >= 0.3 is 0 Å². The van der Waals surface area contributed by atoms with E-state index in [9.17, 15) is 9.59 Å². The molecule has 3 saturated heterocycles. The second-order valence-electron chi connectivity index (χ2n) is 9.36. The molecule has 1 unspecified atom stereocenters. The number of nitrogens with one attached hydrogen (secondary N) is 2. The van der Waals surface area contributed by atoms with Crippen LogP contribution in [-0.4, -0.2) is 71.8 Å². The van der Waals surface area contributed by atoms with E-state index < -0.39 is 0 Å². The molecule has 0 bridgehead atoms. The molecule has 3 atom stereocenters. The maximum atomic E-state index is 12.4. The average Bonchev–Trinajstić information content (AvgIpc) is 3.37. The van der Waals surface area contributed by atoms with Crippen LogP contribution in [-0.2, 0) is 16.6 Å². The summed E-state index contributed by atoms with van der Waals surface area (Å²) in [5.41, 5.74) is 3.01. The van der Waals surface area contributed by atoms with E-state index in [0.29, 0.717) is 18.9 Å². The third-order valence-electron chi connectivity index (χ3n) is 7.22. The van der Waals surface area contributed by atoms with E-state index in [1.54, 1.807) is 0 Å². The Morgan fingerprint density at radius 2 is 2.06 bits per heavy atom. The maximum Gasteiger partial charge on any atom is 0.235 e. The number of carbonyl (C=O) groups excluding carboxylic acids is 2. The van der Waals surface area contributed by atoms with Gasteiger partial charge in [0.2, 0.25) is 11.8 Å². The first-order valence-electron chi connectivity index (χ1n) is 11.5. The van der Waals surface area contributed by atoms with Gasteiger partial charge in [-0.05, 0) is 57.0 Å². The maximum absolute atomic E-state index is 12.4. The van der Waals surface area contributed by atoms with Crippen molar-refractivity contribution in [3.63, 3.8) is 0 Å². The molecule has 3 fully saturated rings. The SMILES string of the molecule is C[C@H]1CN(c2ccc3c(C4CCC(=O)NC4=O)nn(C)c3c2)CCN1C[C@@H]1CCNC1. The molecule has 31 heavy (non-hydrogen) atoms. The van der Waals surface area contributed by atoms with Crippen molar-refractivity contribution in [1.29, 1.82) is 0 Å². The van der Waals surface area contributed by atoms with Crippen molar-refractivity contribution in [2.75, 3.05) is 44.2 Å². The molecule has 0 aliphatic carbocycles. The molecule has 4 heterocycles. The molecule has 1 aromatic heterocycles. The van der Waals surface area contributed by atoms with Gasteiger partial charge in [-0.1, -0.05) is 0 Å². The Hall–Kier alpha value is -2.45. The number of hydrogen-bond acceptors (Lipinski definition) is 6. The first kappa shape index (κ1) is 20.5. The Bertz CT molecular complexity index is 995. The van der Waals surface area contributed by atoms with Crippen molar-refractivity contribution in [3.05, 3.63) is 23.9 Å². The number of benzene rings is 1. The molecule has 2 N–H and O–H groups in total. The van der Waals surface area contributed by atoms with Crippen molar-refractivity contribution >= 4 is 28.4 Å². The van der Waals surface area contributed by atoms with E-state index in [4.69, 9.17) is 0 Å². The minimum Gasteiger partial charge on any atom is -0.369 e. The summed E-state index contributed by atoms with van der Waals surface area (Å²) in [5, 5.41) is 11.6. The van der Waals surface area contributed by atoms with Crippen LogP contribution in [0.1, 0.15) is 37.8 Å². The Labute approximate surface area is 182 Å². The zero-order valence-electron chi connectivity index (χ0n) is 18.4. The van der Waals surface area contributed by atoms with E-state index in [1.807, 2.05) is 11.7 Å². The number of amides is 2. The highest BCUT2D eigenvalue weighted by molar-refractivity contribution is 6.02. The number of piperidine rings is 1. The largest absolute Gasteiger partial charge is 0.369 e. The van der Waals surface area contributed by atoms with E-state index in [1.165, 1.54) is 18.7 Å². The van der Waals surface area contributed by atoms with Gasteiger partial charge in [0, 0.05) is 56.8 Å². The first-order chi connectivity index (χ1) is 15.0. The average molecular weight is 425 g/mol. The summed E-state index contributed by atoms with van der Waals surface area (Å²) in [6, 6.07) is 6.97. The van der Waals surface area contributed by atoms with Gasteiger partial charge in [0.25, 0.3) is 0 Å². The number of imide groups is 1. The zero-order chi connectivity index (χ0) is 21.5. The number of piperazine rings is 1. The number of rotatable bonds is 4. The molecule has 0 spiro atoms. The summed E-state index contributed by atoms with van der Waals surface area (Å²) in [6.07, 6.45) is 2.18. The molecule has 0 saturated carbocycles. The fraction of sp³-hybridized carbons (Fsp3) is 0.609. The Kier molecular flexibility index (Phi) is 5.44. The number of carbonyl (C=O) groups is 2. The predicted octanol–water partition coefficient (Wildman–Crippen LogP) is 1.21. The smallest absolute Gasteiger partial charge is 0.235 e. The molecule has 3 aliphatic heterocycles. The van der Waals surface area contributed by atoms with Crippen LogP contribution in [0.15, 0.2) is 18.2 Å². The summed E-state index contributed by atoms with van der Waals surface area (Å²) in [5.74, 6) is -0.00430. The molecular weight excluding hydrogens is 392 g/mol. The van der Waals surface area contributed by atoms with E-state index in [2.05, 4.69) is 50.7 Å². The molecule has 3 aliphatic rings. The minimum absolute atomic E-state index is 0.193. The highest BCUT2D eigenvalue weighted by Gasteiger charge is 2.32. The molecule has 1 aromatic carbocycles. The van der Waals surface area contributed by atoms with E-state index >= 15 is 0 Å². The molecule has 5 rings (SSSR count).